The lowest BCUT2D eigenvalue weighted by atomic mass is 10.2. The molecular formula is C16H14BrN3O2S. The number of carbonyl (C=O) groups is 1. The quantitative estimate of drug-likeness (QED) is 0.695. The van der Waals surface area contributed by atoms with Crippen molar-refractivity contribution in [3.63, 3.8) is 0 Å². The molecule has 0 unspecified atom stereocenters. The van der Waals surface area contributed by atoms with Gasteiger partial charge < -0.3 is 15.8 Å². The number of hydrogen-bond acceptors (Lipinski definition) is 5. The third kappa shape index (κ3) is 3.46. The summed E-state index contributed by atoms with van der Waals surface area (Å²) in [6.07, 6.45) is 0. The molecular weight excluding hydrogens is 378 g/mol. The molecule has 5 nitrogen and oxygen atoms in total. The summed E-state index contributed by atoms with van der Waals surface area (Å²) in [5.41, 5.74) is 7.72. The van der Waals surface area contributed by atoms with Crippen LogP contribution in [0.3, 0.4) is 0 Å². The molecule has 23 heavy (non-hydrogen) atoms. The van der Waals surface area contributed by atoms with E-state index in [0.717, 1.165) is 14.7 Å². The lowest BCUT2D eigenvalue weighted by Gasteiger charge is -2.09. The van der Waals surface area contributed by atoms with Crippen LogP contribution in [-0.2, 0) is 0 Å². The van der Waals surface area contributed by atoms with E-state index in [1.165, 1.54) is 11.3 Å². The van der Waals surface area contributed by atoms with E-state index in [0.29, 0.717) is 28.7 Å². The van der Waals surface area contributed by atoms with Gasteiger partial charge in [-0.05, 0) is 37.3 Å². The van der Waals surface area contributed by atoms with Gasteiger partial charge in [-0.1, -0.05) is 27.3 Å². The van der Waals surface area contributed by atoms with Crippen molar-refractivity contribution in [2.24, 2.45) is 0 Å². The number of amides is 1. The van der Waals surface area contributed by atoms with Crippen molar-refractivity contribution in [2.45, 2.75) is 6.92 Å². The molecule has 0 aliphatic rings. The number of hydrogen-bond donors (Lipinski definition) is 2. The number of nitrogens with two attached hydrogens (primary N) is 1. The fraction of sp³-hybridized carbons (Fsp3) is 0.125. The molecule has 0 radical (unpaired) electrons. The Morgan fingerprint density at radius 1 is 1.35 bits per heavy atom. The summed E-state index contributed by atoms with van der Waals surface area (Å²) in [5, 5.41) is 3.35. The number of benzene rings is 2. The number of nitrogens with one attached hydrogen (secondary N) is 1. The fourth-order valence-corrected chi connectivity index (χ4v) is 3.21. The van der Waals surface area contributed by atoms with E-state index >= 15 is 0 Å². The predicted octanol–water partition coefficient (Wildman–Crippen LogP) is 4.29. The van der Waals surface area contributed by atoms with Gasteiger partial charge in [0.2, 0.25) is 0 Å². The van der Waals surface area contributed by atoms with Crippen molar-refractivity contribution in [2.75, 3.05) is 17.7 Å². The Labute approximate surface area is 145 Å². The highest BCUT2D eigenvalue weighted by molar-refractivity contribution is 9.10. The standard InChI is InChI=1S/C16H14BrN3O2S/c1-2-22-12-7-11(8-13-14(12)20-16(18)23-13)19-15(21)9-3-5-10(17)6-4-9/h3-8H,2H2,1H3,(H2,18,20)(H,19,21). The first-order valence-corrected chi connectivity index (χ1v) is 8.57. The molecule has 2 aromatic carbocycles. The maximum atomic E-state index is 12.3. The summed E-state index contributed by atoms with van der Waals surface area (Å²) in [6.45, 7) is 2.41. The van der Waals surface area contributed by atoms with E-state index in [4.69, 9.17) is 10.5 Å². The van der Waals surface area contributed by atoms with E-state index in [2.05, 4.69) is 26.2 Å². The van der Waals surface area contributed by atoms with E-state index in [-0.39, 0.29) is 5.91 Å². The molecule has 0 fully saturated rings. The molecule has 0 saturated carbocycles. The Morgan fingerprint density at radius 3 is 2.78 bits per heavy atom. The average molecular weight is 392 g/mol. The van der Waals surface area contributed by atoms with E-state index in [9.17, 15) is 4.79 Å². The van der Waals surface area contributed by atoms with Gasteiger partial charge in [-0.25, -0.2) is 4.98 Å². The number of fused-ring (bicyclic) bond motifs is 1. The summed E-state index contributed by atoms with van der Waals surface area (Å²) in [6, 6.07) is 10.8. The third-order valence-corrected chi connectivity index (χ3v) is 4.50. The third-order valence-electron chi connectivity index (χ3n) is 3.14. The zero-order valence-corrected chi connectivity index (χ0v) is 14.7. The molecule has 0 saturated heterocycles. The number of nitrogens with zero attached hydrogens (tertiary/aromatic N) is 1. The molecule has 7 heteroatoms. The van der Waals surface area contributed by atoms with Crippen LogP contribution >= 0.6 is 27.3 Å². The number of aromatic nitrogens is 1. The first-order chi connectivity index (χ1) is 11.1. The van der Waals surface area contributed by atoms with Crippen LogP contribution in [0.4, 0.5) is 10.8 Å². The Kier molecular flexibility index (Phi) is 4.49. The van der Waals surface area contributed by atoms with Crippen LogP contribution in [0.2, 0.25) is 0 Å². The molecule has 0 spiro atoms. The normalized spacial score (nSPS) is 10.7. The van der Waals surface area contributed by atoms with Crippen LogP contribution in [0, 0.1) is 0 Å². The Bertz CT molecular complexity index is 862. The lowest BCUT2D eigenvalue weighted by Crippen LogP contribution is -2.11. The van der Waals surface area contributed by atoms with E-state index in [1.54, 1.807) is 18.2 Å². The van der Waals surface area contributed by atoms with Crippen LogP contribution in [0.15, 0.2) is 40.9 Å². The van der Waals surface area contributed by atoms with E-state index < -0.39 is 0 Å². The van der Waals surface area contributed by atoms with Gasteiger partial charge >= 0.3 is 0 Å². The molecule has 0 aliphatic heterocycles. The van der Waals surface area contributed by atoms with E-state index in [1.807, 2.05) is 25.1 Å². The zero-order chi connectivity index (χ0) is 16.4. The maximum absolute atomic E-state index is 12.3. The second kappa shape index (κ2) is 6.55. The molecule has 3 aromatic rings. The maximum Gasteiger partial charge on any atom is 0.255 e. The van der Waals surface area contributed by atoms with Crippen molar-refractivity contribution in [1.82, 2.24) is 4.98 Å². The second-order valence-corrected chi connectivity index (χ2v) is 6.75. The SMILES string of the molecule is CCOc1cc(NC(=O)c2ccc(Br)cc2)cc2sc(N)nc12. The summed E-state index contributed by atoms with van der Waals surface area (Å²) in [5.74, 6) is 0.431. The molecule has 3 N–H and O–H groups in total. The van der Waals surface area contributed by atoms with Crippen molar-refractivity contribution in [1.29, 1.82) is 0 Å². The summed E-state index contributed by atoms with van der Waals surface area (Å²) in [4.78, 5) is 16.6. The molecule has 1 amide bonds. The minimum Gasteiger partial charge on any atom is -0.491 e. The van der Waals surface area contributed by atoms with Gasteiger partial charge in [0, 0.05) is 21.8 Å². The molecule has 118 valence electrons. The second-order valence-electron chi connectivity index (χ2n) is 4.77. The first kappa shape index (κ1) is 15.8. The average Bonchev–Trinajstić information content (AvgIpc) is 2.88. The molecule has 0 atom stereocenters. The number of ether oxygens (including phenoxy) is 1. The van der Waals surface area contributed by atoms with Gasteiger partial charge in [0.25, 0.3) is 5.91 Å². The van der Waals surface area contributed by atoms with Gasteiger partial charge in [0.1, 0.15) is 11.3 Å². The number of thiazole rings is 1. The Balaban J connectivity index is 1.92. The lowest BCUT2D eigenvalue weighted by molar-refractivity contribution is 0.102. The van der Waals surface area contributed by atoms with Gasteiger partial charge in [0.05, 0.1) is 11.3 Å². The van der Waals surface area contributed by atoms with Gasteiger partial charge in [0.15, 0.2) is 5.13 Å². The predicted molar refractivity (Wildman–Crippen MR) is 97.3 cm³/mol. The van der Waals surface area contributed by atoms with Crippen LogP contribution < -0.4 is 15.8 Å². The van der Waals surface area contributed by atoms with Crippen LogP contribution in [0.25, 0.3) is 10.2 Å². The fourth-order valence-electron chi connectivity index (χ4n) is 2.16. The van der Waals surface area contributed by atoms with Crippen LogP contribution in [0.5, 0.6) is 5.75 Å². The number of carbonyl (C=O) groups excluding carboxylic acids is 1. The highest BCUT2D eigenvalue weighted by Crippen LogP contribution is 2.34. The monoisotopic (exact) mass is 391 g/mol. The summed E-state index contributed by atoms with van der Waals surface area (Å²) < 4.78 is 7.41. The Hall–Kier alpha value is -2.12. The number of anilines is 2. The van der Waals surface area contributed by atoms with Crippen LogP contribution in [0.1, 0.15) is 17.3 Å². The minimum absolute atomic E-state index is 0.184. The van der Waals surface area contributed by atoms with Crippen molar-refractivity contribution < 1.29 is 9.53 Å². The van der Waals surface area contributed by atoms with Gasteiger partial charge in [-0.15, -0.1) is 0 Å². The number of halogens is 1. The zero-order valence-electron chi connectivity index (χ0n) is 12.3. The molecule has 3 rings (SSSR count). The number of nitrogen functional groups attached to an aromatic ring is 1. The van der Waals surface area contributed by atoms with Crippen molar-refractivity contribution >= 4 is 54.2 Å². The summed E-state index contributed by atoms with van der Waals surface area (Å²) >= 11 is 4.71. The van der Waals surface area contributed by atoms with Crippen LogP contribution in [-0.4, -0.2) is 17.5 Å². The largest absolute Gasteiger partial charge is 0.491 e. The molecule has 0 aliphatic carbocycles. The molecule has 1 heterocycles. The van der Waals surface area contributed by atoms with Crippen molar-refractivity contribution in [3.8, 4) is 5.75 Å². The highest BCUT2D eigenvalue weighted by atomic mass is 79.9. The molecule has 1 aromatic heterocycles. The van der Waals surface area contributed by atoms with Gasteiger partial charge in [-0.3, -0.25) is 4.79 Å². The van der Waals surface area contributed by atoms with Crippen molar-refractivity contribution in [3.05, 3.63) is 46.4 Å². The molecule has 0 bridgehead atoms. The summed E-state index contributed by atoms with van der Waals surface area (Å²) in [7, 11) is 0. The topological polar surface area (TPSA) is 77.2 Å². The highest BCUT2D eigenvalue weighted by Gasteiger charge is 2.12. The Morgan fingerprint density at radius 2 is 2.09 bits per heavy atom. The smallest absolute Gasteiger partial charge is 0.255 e. The number of rotatable bonds is 4. The van der Waals surface area contributed by atoms with Gasteiger partial charge in [-0.2, -0.15) is 0 Å². The minimum atomic E-state index is -0.184. The first-order valence-electron chi connectivity index (χ1n) is 6.96.